The predicted molar refractivity (Wildman–Crippen MR) is 60.4 cm³/mol. The van der Waals surface area contributed by atoms with Crippen LogP contribution in [0.2, 0.25) is 0 Å². The van der Waals surface area contributed by atoms with Gasteiger partial charge in [-0.15, -0.1) is 0 Å². The van der Waals surface area contributed by atoms with Crippen molar-refractivity contribution in [2.45, 2.75) is 44.8 Å². The molecule has 0 amide bonds. The molecule has 90 valence electrons. The van der Waals surface area contributed by atoms with Crippen LogP contribution >= 0.6 is 0 Å². The summed E-state index contributed by atoms with van der Waals surface area (Å²) in [6.07, 6.45) is 4.82. The van der Waals surface area contributed by atoms with Crippen molar-refractivity contribution >= 4 is 0 Å². The van der Waals surface area contributed by atoms with E-state index in [1.165, 1.54) is 12.8 Å². The van der Waals surface area contributed by atoms with Crippen LogP contribution in [0.5, 0.6) is 0 Å². The minimum atomic E-state index is 0.336. The first-order valence-corrected chi connectivity index (χ1v) is 5.84. The molecule has 1 fully saturated rings. The van der Waals surface area contributed by atoms with Gasteiger partial charge in [-0.05, 0) is 31.6 Å². The van der Waals surface area contributed by atoms with E-state index in [0.29, 0.717) is 18.1 Å². The molecule has 4 nitrogen and oxygen atoms in total. The zero-order chi connectivity index (χ0) is 11.1. The summed E-state index contributed by atoms with van der Waals surface area (Å²) in [5.41, 5.74) is 2.90. The molecule has 4 heteroatoms. The van der Waals surface area contributed by atoms with Gasteiger partial charge < -0.3 is 9.47 Å². The molecule has 0 aliphatic carbocycles. The van der Waals surface area contributed by atoms with Crippen LogP contribution in [0.25, 0.3) is 0 Å². The van der Waals surface area contributed by atoms with Gasteiger partial charge in [-0.25, -0.2) is 0 Å². The van der Waals surface area contributed by atoms with Gasteiger partial charge in [-0.3, -0.25) is 11.3 Å². The Hall–Kier alpha value is -0.160. The second-order valence-electron chi connectivity index (χ2n) is 4.40. The second kappa shape index (κ2) is 7.17. The van der Waals surface area contributed by atoms with Crippen LogP contribution in [0, 0.1) is 5.92 Å². The van der Waals surface area contributed by atoms with Crippen molar-refractivity contribution in [3.63, 3.8) is 0 Å². The van der Waals surface area contributed by atoms with Crippen LogP contribution in [0.4, 0.5) is 0 Å². The number of nitrogens with one attached hydrogen (secondary N) is 1. The minimum absolute atomic E-state index is 0.336. The maximum absolute atomic E-state index is 5.61. The molecule has 0 aromatic rings. The van der Waals surface area contributed by atoms with Crippen LogP contribution in [0.15, 0.2) is 0 Å². The fourth-order valence-corrected chi connectivity index (χ4v) is 2.08. The summed E-state index contributed by atoms with van der Waals surface area (Å²) in [7, 11) is 1.73. The van der Waals surface area contributed by atoms with Crippen molar-refractivity contribution in [1.82, 2.24) is 5.43 Å². The summed E-state index contributed by atoms with van der Waals surface area (Å²) in [4.78, 5) is 0. The molecule has 0 spiro atoms. The summed E-state index contributed by atoms with van der Waals surface area (Å²) in [5.74, 6) is 6.10. The molecule has 0 aromatic carbocycles. The summed E-state index contributed by atoms with van der Waals surface area (Å²) in [5, 5.41) is 0. The highest BCUT2D eigenvalue weighted by Crippen LogP contribution is 2.21. The molecule has 3 unspecified atom stereocenters. The van der Waals surface area contributed by atoms with E-state index in [-0.39, 0.29) is 0 Å². The van der Waals surface area contributed by atoms with Crippen molar-refractivity contribution in [3.05, 3.63) is 0 Å². The Balaban J connectivity index is 2.26. The largest absolute Gasteiger partial charge is 0.385 e. The SMILES string of the molecule is COCCC(C)C(CC1CCCO1)NN. The first-order chi connectivity index (χ1) is 7.27. The van der Waals surface area contributed by atoms with Crippen LogP contribution in [0.3, 0.4) is 0 Å². The van der Waals surface area contributed by atoms with Crippen LogP contribution < -0.4 is 11.3 Å². The van der Waals surface area contributed by atoms with Gasteiger partial charge in [0.1, 0.15) is 0 Å². The van der Waals surface area contributed by atoms with E-state index < -0.39 is 0 Å². The monoisotopic (exact) mass is 216 g/mol. The van der Waals surface area contributed by atoms with E-state index in [2.05, 4.69) is 12.3 Å². The highest BCUT2D eigenvalue weighted by atomic mass is 16.5. The lowest BCUT2D eigenvalue weighted by Gasteiger charge is -2.25. The third kappa shape index (κ3) is 4.47. The number of nitrogens with two attached hydrogens (primary N) is 1. The molecule has 3 N–H and O–H groups in total. The maximum Gasteiger partial charge on any atom is 0.0591 e. The van der Waals surface area contributed by atoms with Gasteiger partial charge in [0.2, 0.25) is 0 Å². The van der Waals surface area contributed by atoms with Crippen molar-refractivity contribution in [2.24, 2.45) is 11.8 Å². The first kappa shape index (κ1) is 12.9. The Kier molecular flexibility index (Phi) is 6.17. The lowest BCUT2D eigenvalue weighted by atomic mass is 9.93. The smallest absolute Gasteiger partial charge is 0.0591 e. The molecular formula is C11H24N2O2. The number of hydrogen-bond acceptors (Lipinski definition) is 4. The Morgan fingerprint density at radius 3 is 2.93 bits per heavy atom. The molecule has 1 aliphatic rings. The maximum atomic E-state index is 5.61. The Morgan fingerprint density at radius 2 is 2.40 bits per heavy atom. The number of methoxy groups -OCH3 is 1. The van der Waals surface area contributed by atoms with E-state index in [1.54, 1.807) is 7.11 Å². The minimum Gasteiger partial charge on any atom is -0.385 e. The summed E-state index contributed by atoms with van der Waals surface area (Å²) in [6, 6.07) is 0.336. The molecule has 1 aliphatic heterocycles. The van der Waals surface area contributed by atoms with Crippen LogP contribution in [-0.4, -0.2) is 32.5 Å². The molecular weight excluding hydrogens is 192 g/mol. The average molecular weight is 216 g/mol. The molecule has 15 heavy (non-hydrogen) atoms. The van der Waals surface area contributed by atoms with Crippen molar-refractivity contribution in [1.29, 1.82) is 0 Å². The lowest BCUT2D eigenvalue weighted by Crippen LogP contribution is -2.42. The van der Waals surface area contributed by atoms with Gasteiger partial charge in [0.15, 0.2) is 0 Å². The van der Waals surface area contributed by atoms with Crippen molar-refractivity contribution < 1.29 is 9.47 Å². The Morgan fingerprint density at radius 1 is 1.60 bits per heavy atom. The third-order valence-corrected chi connectivity index (χ3v) is 3.22. The van der Waals surface area contributed by atoms with Gasteiger partial charge in [-0.1, -0.05) is 6.92 Å². The molecule has 1 saturated heterocycles. The van der Waals surface area contributed by atoms with E-state index in [1.807, 2.05) is 0 Å². The number of ether oxygens (including phenoxy) is 2. The molecule has 0 saturated carbocycles. The molecule has 0 aromatic heterocycles. The van der Waals surface area contributed by atoms with E-state index in [4.69, 9.17) is 15.3 Å². The highest BCUT2D eigenvalue weighted by molar-refractivity contribution is 4.77. The summed E-state index contributed by atoms with van der Waals surface area (Å²) >= 11 is 0. The van der Waals surface area contributed by atoms with E-state index in [9.17, 15) is 0 Å². The van der Waals surface area contributed by atoms with Crippen molar-refractivity contribution in [2.75, 3.05) is 20.3 Å². The summed E-state index contributed by atoms with van der Waals surface area (Å²) < 4.78 is 10.7. The zero-order valence-corrected chi connectivity index (χ0v) is 9.87. The molecule has 1 heterocycles. The quantitative estimate of drug-likeness (QED) is 0.493. The lowest BCUT2D eigenvalue weighted by molar-refractivity contribution is 0.0836. The normalized spacial score (nSPS) is 25.4. The number of hydrazine groups is 1. The number of hydrogen-bond donors (Lipinski definition) is 2. The molecule has 1 rings (SSSR count). The highest BCUT2D eigenvalue weighted by Gasteiger charge is 2.23. The predicted octanol–water partition coefficient (Wildman–Crippen LogP) is 1.06. The van der Waals surface area contributed by atoms with Gasteiger partial charge in [-0.2, -0.15) is 0 Å². The number of rotatable bonds is 7. The Bertz CT molecular complexity index is 161. The van der Waals surface area contributed by atoms with E-state index >= 15 is 0 Å². The fraction of sp³-hybridized carbons (Fsp3) is 1.00. The van der Waals surface area contributed by atoms with Crippen LogP contribution in [-0.2, 0) is 9.47 Å². The van der Waals surface area contributed by atoms with Gasteiger partial charge in [0.25, 0.3) is 0 Å². The topological polar surface area (TPSA) is 56.5 Å². The Labute approximate surface area is 92.5 Å². The second-order valence-corrected chi connectivity index (χ2v) is 4.40. The van der Waals surface area contributed by atoms with Crippen molar-refractivity contribution in [3.8, 4) is 0 Å². The van der Waals surface area contributed by atoms with Gasteiger partial charge in [0.05, 0.1) is 6.10 Å². The molecule has 3 atom stereocenters. The standard InChI is InChI=1S/C11H24N2O2/c1-9(5-7-14-2)11(13-12)8-10-4-3-6-15-10/h9-11,13H,3-8,12H2,1-2H3. The molecule has 0 bridgehead atoms. The summed E-state index contributed by atoms with van der Waals surface area (Å²) in [6.45, 7) is 3.91. The average Bonchev–Trinajstić information content (AvgIpc) is 2.75. The van der Waals surface area contributed by atoms with Gasteiger partial charge >= 0.3 is 0 Å². The molecule has 0 radical (unpaired) electrons. The third-order valence-electron chi connectivity index (χ3n) is 3.22. The van der Waals surface area contributed by atoms with Gasteiger partial charge in [0, 0.05) is 26.4 Å². The fourth-order valence-electron chi connectivity index (χ4n) is 2.08. The van der Waals surface area contributed by atoms with Crippen LogP contribution in [0.1, 0.15) is 32.6 Å². The zero-order valence-electron chi connectivity index (χ0n) is 9.87. The first-order valence-electron chi connectivity index (χ1n) is 5.84. The van der Waals surface area contributed by atoms with E-state index in [0.717, 1.165) is 26.1 Å².